The van der Waals surface area contributed by atoms with Crippen LogP contribution >= 0.6 is 0 Å². The molecule has 0 fully saturated rings. The Morgan fingerprint density at radius 3 is 2.67 bits per heavy atom. The molecule has 1 aromatic rings. The fourth-order valence-electron chi connectivity index (χ4n) is 2.24. The van der Waals surface area contributed by atoms with Gasteiger partial charge >= 0.3 is 0 Å². The van der Waals surface area contributed by atoms with Gasteiger partial charge in [0, 0.05) is 18.7 Å². The lowest BCUT2D eigenvalue weighted by Gasteiger charge is -2.07. The highest BCUT2D eigenvalue weighted by atomic mass is 16.2. The van der Waals surface area contributed by atoms with Gasteiger partial charge < -0.3 is 16.2 Å². The van der Waals surface area contributed by atoms with Crippen LogP contribution in [0, 0.1) is 0 Å². The maximum absolute atomic E-state index is 12.0. The summed E-state index contributed by atoms with van der Waals surface area (Å²) in [6, 6.07) is 7.81. The predicted octanol–water partition coefficient (Wildman–Crippen LogP) is 2.25. The average molecular weight is 292 g/mol. The van der Waals surface area contributed by atoms with Crippen LogP contribution in [-0.2, 0) is 6.42 Å². The van der Waals surface area contributed by atoms with E-state index in [0.717, 1.165) is 50.5 Å². The van der Waals surface area contributed by atoms with Crippen LogP contribution < -0.4 is 11.1 Å². The van der Waals surface area contributed by atoms with Gasteiger partial charge in [-0.15, -0.1) is 0 Å². The number of hydrogen-bond acceptors (Lipinski definition) is 3. The molecule has 1 aromatic carbocycles. The first-order valence-corrected chi connectivity index (χ1v) is 7.96. The highest BCUT2D eigenvalue weighted by Gasteiger charge is 2.05. The van der Waals surface area contributed by atoms with E-state index in [-0.39, 0.29) is 12.5 Å². The predicted molar refractivity (Wildman–Crippen MR) is 86.3 cm³/mol. The van der Waals surface area contributed by atoms with Crippen molar-refractivity contribution in [1.29, 1.82) is 0 Å². The van der Waals surface area contributed by atoms with E-state index in [2.05, 4.69) is 11.4 Å². The van der Waals surface area contributed by atoms with E-state index in [9.17, 15) is 4.79 Å². The summed E-state index contributed by atoms with van der Waals surface area (Å²) < 4.78 is 0. The third-order valence-corrected chi connectivity index (χ3v) is 3.48. The summed E-state index contributed by atoms with van der Waals surface area (Å²) in [7, 11) is 0. The molecule has 0 aliphatic heterocycles. The number of rotatable bonds is 11. The molecule has 0 heterocycles. The Morgan fingerprint density at radius 1 is 1.10 bits per heavy atom. The molecular weight excluding hydrogens is 264 g/mol. The van der Waals surface area contributed by atoms with Gasteiger partial charge in [-0.05, 0) is 56.3 Å². The van der Waals surface area contributed by atoms with Gasteiger partial charge in [-0.1, -0.05) is 25.0 Å². The van der Waals surface area contributed by atoms with Crippen LogP contribution in [0.1, 0.15) is 54.4 Å². The van der Waals surface area contributed by atoms with Crippen molar-refractivity contribution in [2.24, 2.45) is 5.73 Å². The number of aliphatic hydroxyl groups excluding tert-OH is 1. The summed E-state index contributed by atoms with van der Waals surface area (Å²) in [4.78, 5) is 12.0. The quantitative estimate of drug-likeness (QED) is 0.548. The van der Waals surface area contributed by atoms with Crippen molar-refractivity contribution < 1.29 is 9.90 Å². The molecule has 4 heteroatoms. The molecule has 0 atom stereocenters. The van der Waals surface area contributed by atoms with E-state index < -0.39 is 0 Å². The standard InChI is InChI=1S/C17H28N2O2/c18-11-4-2-5-12-19-17(21)16-10-7-9-15(14-16)8-3-1-6-13-20/h7,9-10,14,20H,1-6,8,11-13,18H2,(H,19,21). The summed E-state index contributed by atoms with van der Waals surface area (Å²) in [6.45, 7) is 1.68. The molecule has 0 aromatic heterocycles. The van der Waals surface area contributed by atoms with Gasteiger partial charge in [-0.25, -0.2) is 0 Å². The second-order valence-corrected chi connectivity index (χ2v) is 5.34. The number of unbranched alkanes of at least 4 members (excludes halogenated alkanes) is 4. The Kier molecular flexibility index (Phi) is 9.49. The SMILES string of the molecule is NCCCCCNC(=O)c1cccc(CCCCCO)c1. The van der Waals surface area contributed by atoms with Crippen molar-refractivity contribution in [2.75, 3.05) is 19.7 Å². The molecule has 0 radical (unpaired) electrons. The fourth-order valence-corrected chi connectivity index (χ4v) is 2.24. The molecular formula is C17H28N2O2. The van der Waals surface area contributed by atoms with Crippen molar-refractivity contribution >= 4 is 5.91 Å². The third kappa shape index (κ3) is 7.83. The number of nitrogens with one attached hydrogen (secondary N) is 1. The molecule has 0 aliphatic rings. The van der Waals surface area contributed by atoms with E-state index in [1.807, 2.05) is 18.2 Å². The monoisotopic (exact) mass is 292 g/mol. The van der Waals surface area contributed by atoms with Crippen LogP contribution in [0.2, 0.25) is 0 Å². The van der Waals surface area contributed by atoms with E-state index in [1.54, 1.807) is 0 Å². The Labute approximate surface area is 127 Å². The number of aryl methyl sites for hydroxylation is 1. The number of benzene rings is 1. The highest BCUT2D eigenvalue weighted by Crippen LogP contribution is 2.10. The Hall–Kier alpha value is -1.39. The number of amides is 1. The minimum Gasteiger partial charge on any atom is -0.396 e. The molecule has 118 valence electrons. The molecule has 0 aliphatic carbocycles. The maximum atomic E-state index is 12.0. The third-order valence-electron chi connectivity index (χ3n) is 3.48. The van der Waals surface area contributed by atoms with Gasteiger partial charge in [0.15, 0.2) is 0 Å². The van der Waals surface area contributed by atoms with Gasteiger partial charge in [0.2, 0.25) is 0 Å². The van der Waals surface area contributed by atoms with Crippen molar-refractivity contribution in [3.05, 3.63) is 35.4 Å². The fraction of sp³-hybridized carbons (Fsp3) is 0.588. The molecule has 0 saturated heterocycles. The minimum absolute atomic E-state index is 0.0000401. The first-order valence-electron chi connectivity index (χ1n) is 7.96. The van der Waals surface area contributed by atoms with Crippen molar-refractivity contribution in [1.82, 2.24) is 5.32 Å². The number of hydrogen-bond donors (Lipinski definition) is 3. The summed E-state index contributed by atoms with van der Waals surface area (Å²) in [5, 5.41) is 11.7. The van der Waals surface area contributed by atoms with Gasteiger partial charge in [0.1, 0.15) is 0 Å². The Morgan fingerprint density at radius 2 is 1.90 bits per heavy atom. The lowest BCUT2D eigenvalue weighted by Crippen LogP contribution is -2.24. The Bertz CT molecular complexity index is 408. The van der Waals surface area contributed by atoms with E-state index >= 15 is 0 Å². The summed E-state index contributed by atoms with van der Waals surface area (Å²) in [6.07, 6.45) is 6.92. The first kappa shape index (κ1) is 17.7. The summed E-state index contributed by atoms with van der Waals surface area (Å²) >= 11 is 0. The second kappa shape index (κ2) is 11.3. The van der Waals surface area contributed by atoms with Crippen molar-refractivity contribution in [3.63, 3.8) is 0 Å². The molecule has 0 bridgehead atoms. The lowest BCUT2D eigenvalue weighted by molar-refractivity contribution is 0.0953. The smallest absolute Gasteiger partial charge is 0.251 e. The van der Waals surface area contributed by atoms with Crippen LogP contribution in [-0.4, -0.2) is 30.7 Å². The molecule has 4 N–H and O–H groups in total. The molecule has 1 amide bonds. The number of nitrogens with two attached hydrogens (primary N) is 1. The van der Waals surface area contributed by atoms with Crippen LogP contribution in [0.3, 0.4) is 0 Å². The molecule has 0 unspecified atom stereocenters. The minimum atomic E-state index is -0.0000401. The van der Waals surface area contributed by atoms with Crippen molar-refractivity contribution in [2.45, 2.75) is 44.9 Å². The summed E-state index contributed by atoms with van der Waals surface area (Å²) in [5.74, 6) is -0.0000401. The zero-order valence-corrected chi connectivity index (χ0v) is 12.8. The number of aliphatic hydroxyl groups is 1. The maximum Gasteiger partial charge on any atom is 0.251 e. The largest absolute Gasteiger partial charge is 0.396 e. The summed E-state index contributed by atoms with van der Waals surface area (Å²) in [5.41, 5.74) is 7.35. The number of carbonyl (C=O) groups is 1. The van der Waals surface area contributed by atoms with E-state index in [4.69, 9.17) is 10.8 Å². The number of carbonyl (C=O) groups excluding carboxylic acids is 1. The molecule has 4 nitrogen and oxygen atoms in total. The van der Waals surface area contributed by atoms with Crippen LogP contribution in [0.25, 0.3) is 0 Å². The van der Waals surface area contributed by atoms with Gasteiger partial charge in [0.25, 0.3) is 5.91 Å². The first-order chi connectivity index (χ1) is 10.3. The van der Waals surface area contributed by atoms with Gasteiger partial charge in [0.05, 0.1) is 0 Å². The van der Waals surface area contributed by atoms with Gasteiger partial charge in [-0.3, -0.25) is 4.79 Å². The molecule has 0 saturated carbocycles. The molecule has 21 heavy (non-hydrogen) atoms. The second-order valence-electron chi connectivity index (χ2n) is 5.34. The van der Waals surface area contributed by atoms with E-state index in [1.165, 1.54) is 5.56 Å². The zero-order valence-electron chi connectivity index (χ0n) is 12.8. The van der Waals surface area contributed by atoms with Gasteiger partial charge in [-0.2, -0.15) is 0 Å². The Balaban J connectivity index is 2.34. The van der Waals surface area contributed by atoms with Crippen molar-refractivity contribution in [3.8, 4) is 0 Å². The van der Waals surface area contributed by atoms with E-state index in [0.29, 0.717) is 13.1 Å². The highest BCUT2D eigenvalue weighted by molar-refractivity contribution is 5.94. The molecule has 0 spiro atoms. The topological polar surface area (TPSA) is 75.3 Å². The van der Waals surface area contributed by atoms with Crippen LogP contribution in [0.4, 0.5) is 0 Å². The normalized spacial score (nSPS) is 10.6. The molecule has 1 rings (SSSR count). The lowest BCUT2D eigenvalue weighted by atomic mass is 10.0. The van der Waals surface area contributed by atoms with Crippen LogP contribution in [0.15, 0.2) is 24.3 Å². The zero-order chi connectivity index (χ0) is 15.3. The average Bonchev–Trinajstić information content (AvgIpc) is 2.51. The van der Waals surface area contributed by atoms with Crippen LogP contribution in [0.5, 0.6) is 0 Å².